The van der Waals surface area contributed by atoms with Crippen LogP contribution in [-0.4, -0.2) is 13.2 Å². The molecule has 1 aromatic carbocycles. The fraction of sp³-hybridized carbons (Fsp3) is 0.400. The fourth-order valence-corrected chi connectivity index (χ4v) is 3.11. The molecule has 0 amide bonds. The van der Waals surface area contributed by atoms with Gasteiger partial charge in [0.2, 0.25) is 0 Å². The number of halogens is 2. The van der Waals surface area contributed by atoms with Crippen molar-refractivity contribution in [1.82, 2.24) is 0 Å². The fourth-order valence-electron chi connectivity index (χ4n) is 1.46. The molecule has 1 aromatic rings. The van der Waals surface area contributed by atoms with Gasteiger partial charge in [0.15, 0.2) is 0 Å². The number of benzene rings is 1. The zero-order valence-electron chi connectivity index (χ0n) is 7.65. The minimum atomic E-state index is 0.821. The molecule has 0 fully saturated rings. The molecule has 76 valence electrons. The summed E-state index contributed by atoms with van der Waals surface area (Å²) in [5.41, 5.74) is 1.13. The van der Waals surface area contributed by atoms with E-state index in [-0.39, 0.29) is 0 Å². The molecule has 4 heteroatoms. The van der Waals surface area contributed by atoms with Gasteiger partial charge in [-0.25, -0.2) is 0 Å². The van der Waals surface area contributed by atoms with Crippen LogP contribution in [0.1, 0.15) is 12.8 Å². The number of fused-ring (bicyclic) bond motifs is 1. The summed E-state index contributed by atoms with van der Waals surface area (Å²) in [6.45, 7) is 1.86. The molecule has 0 radical (unpaired) electrons. The highest BCUT2D eigenvalue weighted by atomic mass is 127. The van der Waals surface area contributed by atoms with Crippen molar-refractivity contribution in [3.63, 3.8) is 0 Å². The molecule has 14 heavy (non-hydrogen) atoms. The van der Waals surface area contributed by atoms with Crippen LogP contribution in [0.15, 0.2) is 16.6 Å². The van der Waals surface area contributed by atoms with Crippen LogP contribution in [0, 0.1) is 3.57 Å². The second-order valence-electron chi connectivity index (χ2n) is 3.24. The minimum Gasteiger partial charge on any atom is -0.491 e. The van der Waals surface area contributed by atoms with E-state index in [1.54, 1.807) is 0 Å². The predicted octanol–water partition coefficient (Wildman–Crippen LogP) is 3.64. The Morgan fingerprint density at radius 3 is 3.07 bits per heavy atom. The maximum atomic E-state index is 5.69. The monoisotopic (exact) mass is 367 g/mol. The van der Waals surface area contributed by atoms with Gasteiger partial charge in [-0.3, -0.25) is 0 Å². The molecular weight excluding hydrogens is 357 g/mol. The summed E-state index contributed by atoms with van der Waals surface area (Å²) < 4.78 is 7.97. The smallest absolute Gasteiger partial charge is 0.144 e. The molecule has 0 saturated carbocycles. The first-order valence-corrected chi connectivity index (χ1v) is 6.50. The third-order valence-electron chi connectivity index (χ3n) is 2.15. The van der Waals surface area contributed by atoms with Crippen LogP contribution in [-0.2, 0) is 0 Å². The maximum Gasteiger partial charge on any atom is 0.144 e. The zero-order valence-corrected chi connectivity index (χ0v) is 11.4. The second-order valence-corrected chi connectivity index (χ2v) is 5.32. The van der Waals surface area contributed by atoms with Crippen molar-refractivity contribution in [2.24, 2.45) is 0 Å². The molecule has 0 spiro atoms. The lowest BCUT2D eigenvalue weighted by Crippen LogP contribution is -2.11. The van der Waals surface area contributed by atoms with Crippen LogP contribution < -0.4 is 10.1 Å². The van der Waals surface area contributed by atoms with Crippen LogP contribution in [0.2, 0.25) is 0 Å². The third kappa shape index (κ3) is 2.34. The molecule has 1 aliphatic rings. The topological polar surface area (TPSA) is 21.3 Å². The number of ether oxygens (including phenoxy) is 1. The van der Waals surface area contributed by atoms with Crippen molar-refractivity contribution in [3.8, 4) is 5.75 Å². The molecule has 0 atom stereocenters. The Balaban J connectivity index is 2.39. The normalized spacial score (nSPS) is 15.9. The van der Waals surface area contributed by atoms with Crippen molar-refractivity contribution in [2.45, 2.75) is 12.8 Å². The molecular formula is C10H11BrINO. The summed E-state index contributed by atoms with van der Waals surface area (Å²) in [7, 11) is 0. The van der Waals surface area contributed by atoms with E-state index < -0.39 is 0 Å². The number of hydrogen-bond acceptors (Lipinski definition) is 2. The molecule has 0 unspecified atom stereocenters. The van der Waals surface area contributed by atoms with Crippen LogP contribution >= 0.6 is 38.5 Å². The summed E-state index contributed by atoms with van der Waals surface area (Å²) in [6.07, 6.45) is 2.29. The van der Waals surface area contributed by atoms with E-state index in [4.69, 9.17) is 4.74 Å². The van der Waals surface area contributed by atoms with E-state index in [0.717, 1.165) is 35.5 Å². The average molecular weight is 368 g/mol. The van der Waals surface area contributed by atoms with Gasteiger partial charge in [-0.2, -0.15) is 0 Å². The van der Waals surface area contributed by atoms with Crippen LogP contribution in [0.25, 0.3) is 0 Å². The highest BCUT2D eigenvalue weighted by molar-refractivity contribution is 14.1. The van der Waals surface area contributed by atoms with Crippen LogP contribution in [0.3, 0.4) is 0 Å². The molecule has 0 bridgehead atoms. The van der Waals surface area contributed by atoms with Gasteiger partial charge in [0.05, 0.1) is 12.3 Å². The first-order chi connectivity index (χ1) is 6.77. The second kappa shape index (κ2) is 4.70. The van der Waals surface area contributed by atoms with Gasteiger partial charge < -0.3 is 10.1 Å². The summed E-state index contributed by atoms with van der Waals surface area (Å²) in [4.78, 5) is 0. The predicted molar refractivity (Wildman–Crippen MR) is 70.1 cm³/mol. The summed E-state index contributed by atoms with van der Waals surface area (Å²) in [6, 6.07) is 4.12. The van der Waals surface area contributed by atoms with Gasteiger partial charge in [-0.05, 0) is 47.6 Å². The SMILES string of the molecule is Brc1cc(I)c2c(c1)OCCCCN2. The lowest BCUT2D eigenvalue weighted by atomic mass is 10.2. The van der Waals surface area contributed by atoms with Gasteiger partial charge in [-0.1, -0.05) is 15.9 Å². The first-order valence-electron chi connectivity index (χ1n) is 4.63. The summed E-state index contributed by atoms with van der Waals surface area (Å²) in [5.74, 6) is 0.962. The third-order valence-corrected chi connectivity index (χ3v) is 3.46. The van der Waals surface area contributed by atoms with Crippen molar-refractivity contribution < 1.29 is 4.74 Å². The van der Waals surface area contributed by atoms with E-state index in [1.165, 1.54) is 9.99 Å². The molecule has 1 heterocycles. The van der Waals surface area contributed by atoms with E-state index >= 15 is 0 Å². The van der Waals surface area contributed by atoms with E-state index in [2.05, 4.69) is 49.9 Å². The first kappa shape index (κ1) is 10.5. The van der Waals surface area contributed by atoms with Crippen LogP contribution in [0.4, 0.5) is 5.69 Å². The largest absolute Gasteiger partial charge is 0.491 e. The Morgan fingerprint density at radius 1 is 1.36 bits per heavy atom. The lowest BCUT2D eigenvalue weighted by molar-refractivity contribution is 0.305. The van der Waals surface area contributed by atoms with Crippen molar-refractivity contribution in [3.05, 3.63) is 20.2 Å². The molecule has 2 rings (SSSR count). The lowest BCUT2D eigenvalue weighted by Gasteiger charge is -2.18. The van der Waals surface area contributed by atoms with E-state index in [0.29, 0.717) is 0 Å². The Morgan fingerprint density at radius 2 is 2.21 bits per heavy atom. The molecule has 1 aliphatic heterocycles. The Hall–Kier alpha value is 0.0300. The Kier molecular flexibility index (Phi) is 3.54. The number of anilines is 1. The van der Waals surface area contributed by atoms with E-state index in [9.17, 15) is 0 Å². The van der Waals surface area contributed by atoms with Gasteiger partial charge in [-0.15, -0.1) is 0 Å². The summed E-state index contributed by atoms with van der Waals surface area (Å²) in [5, 5.41) is 3.41. The van der Waals surface area contributed by atoms with E-state index in [1.807, 2.05) is 6.07 Å². The van der Waals surface area contributed by atoms with Gasteiger partial charge in [0, 0.05) is 14.6 Å². The van der Waals surface area contributed by atoms with Crippen LogP contribution in [0.5, 0.6) is 5.75 Å². The summed E-state index contributed by atoms with van der Waals surface area (Å²) >= 11 is 5.80. The van der Waals surface area contributed by atoms with Gasteiger partial charge >= 0.3 is 0 Å². The quantitative estimate of drug-likeness (QED) is 0.707. The zero-order chi connectivity index (χ0) is 9.97. The number of nitrogens with one attached hydrogen (secondary N) is 1. The van der Waals surface area contributed by atoms with Crippen molar-refractivity contribution in [2.75, 3.05) is 18.5 Å². The molecule has 0 aromatic heterocycles. The molecule has 0 saturated heterocycles. The van der Waals surface area contributed by atoms with Crippen molar-refractivity contribution in [1.29, 1.82) is 0 Å². The number of rotatable bonds is 0. The number of hydrogen-bond donors (Lipinski definition) is 1. The molecule has 2 nitrogen and oxygen atoms in total. The molecule has 0 aliphatic carbocycles. The minimum absolute atomic E-state index is 0.821. The molecule has 1 N–H and O–H groups in total. The maximum absolute atomic E-state index is 5.69. The van der Waals surface area contributed by atoms with Gasteiger partial charge in [0.25, 0.3) is 0 Å². The Bertz CT molecular complexity index is 343. The highest BCUT2D eigenvalue weighted by Crippen LogP contribution is 2.34. The van der Waals surface area contributed by atoms with Crippen molar-refractivity contribution >= 4 is 44.2 Å². The Labute approximate surface area is 106 Å². The highest BCUT2D eigenvalue weighted by Gasteiger charge is 2.11. The standard InChI is InChI=1S/C10H11BrINO/c11-7-5-8(12)10-9(6-7)14-4-2-1-3-13-10/h5-6,13H,1-4H2. The van der Waals surface area contributed by atoms with Gasteiger partial charge in [0.1, 0.15) is 5.75 Å². The average Bonchev–Trinajstić information content (AvgIpc) is 2.07.